The van der Waals surface area contributed by atoms with E-state index in [1.165, 1.54) is 13.3 Å². The first-order valence-electron chi connectivity index (χ1n) is 7.99. The van der Waals surface area contributed by atoms with Crippen molar-refractivity contribution in [2.75, 3.05) is 13.7 Å². The number of nitrogens with two attached hydrogens (primary N) is 1. The van der Waals surface area contributed by atoms with Crippen LogP contribution in [0.4, 0.5) is 0 Å². The van der Waals surface area contributed by atoms with Gasteiger partial charge in [-0.25, -0.2) is 4.98 Å². The van der Waals surface area contributed by atoms with Crippen LogP contribution in [-0.4, -0.2) is 61.0 Å². The Morgan fingerprint density at radius 3 is 2.96 bits per heavy atom. The summed E-state index contributed by atoms with van der Waals surface area (Å²) in [5, 5.41) is 2.94. The van der Waals surface area contributed by atoms with Gasteiger partial charge in [0.15, 0.2) is 12.1 Å². The summed E-state index contributed by atoms with van der Waals surface area (Å²) in [6.45, 7) is 3.95. The standard InChI is InChI=1S/C16H22ClN3O5/c1-16(2)23-7-9-12(25-16)10(18)11(15(22-3)24-9)20-14(21)8-5-4-6-19-13(8)17/h4-6,9-12,15H,7,18H2,1-3H3,(H,20,21)/t9-,10-,11-,12-,15-/m1/s1. The number of halogens is 1. The van der Waals surface area contributed by atoms with Crippen LogP contribution in [0.15, 0.2) is 18.3 Å². The number of aromatic nitrogens is 1. The third-order valence-corrected chi connectivity index (χ3v) is 4.61. The van der Waals surface area contributed by atoms with Crippen molar-refractivity contribution in [3.05, 3.63) is 29.0 Å². The number of nitrogens with one attached hydrogen (secondary N) is 1. The van der Waals surface area contributed by atoms with Crippen molar-refractivity contribution in [3.8, 4) is 0 Å². The Kier molecular flexibility index (Phi) is 5.29. The Bertz CT molecular complexity index is 644. The first kappa shape index (κ1) is 18.5. The number of pyridine rings is 1. The van der Waals surface area contributed by atoms with Crippen LogP contribution < -0.4 is 11.1 Å². The van der Waals surface area contributed by atoms with Gasteiger partial charge in [0.1, 0.15) is 17.4 Å². The SMILES string of the molecule is CO[C@@H]1O[C@@H]2COC(C)(C)O[C@H]2[C@H](N)[C@H]1NC(=O)c1cccnc1Cl. The molecule has 2 aliphatic heterocycles. The van der Waals surface area contributed by atoms with Crippen LogP contribution in [0, 0.1) is 0 Å². The van der Waals surface area contributed by atoms with E-state index in [1.807, 2.05) is 0 Å². The van der Waals surface area contributed by atoms with Crippen molar-refractivity contribution in [1.29, 1.82) is 0 Å². The zero-order valence-corrected chi connectivity index (χ0v) is 15.0. The molecule has 5 atom stereocenters. The minimum atomic E-state index is -0.775. The molecule has 0 aliphatic carbocycles. The van der Waals surface area contributed by atoms with Crippen LogP contribution in [0.25, 0.3) is 0 Å². The molecule has 1 aromatic rings. The molecule has 0 radical (unpaired) electrons. The Morgan fingerprint density at radius 2 is 2.28 bits per heavy atom. The third kappa shape index (κ3) is 3.79. The molecule has 0 bridgehead atoms. The van der Waals surface area contributed by atoms with Crippen molar-refractivity contribution >= 4 is 17.5 Å². The number of ether oxygens (including phenoxy) is 4. The summed E-state index contributed by atoms with van der Waals surface area (Å²) in [5.41, 5.74) is 6.63. The monoisotopic (exact) mass is 371 g/mol. The van der Waals surface area contributed by atoms with Gasteiger partial charge in [0.05, 0.1) is 24.3 Å². The van der Waals surface area contributed by atoms with Gasteiger partial charge in [-0.15, -0.1) is 0 Å². The highest BCUT2D eigenvalue weighted by Gasteiger charge is 2.50. The predicted molar refractivity (Wildman–Crippen MR) is 89.1 cm³/mol. The average Bonchev–Trinajstić information content (AvgIpc) is 2.57. The van der Waals surface area contributed by atoms with E-state index in [0.717, 1.165) is 0 Å². The van der Waals surface area contributed by atoms with Gasteiger partial charge in [0.2, 0.25) is 0 Å². The zero-order chi connectivity index (χ0) is 18.2. The minimum absolute atomic E-state index is 0.112. The lowest BCUT2D eigenvalue weighted by atomic mass is 9.93. The highest BCUT2D eigenvalue weighted by molar-refractivity contribution is 6.32. The fraction of sp³-hybridized carbons (Fsp3) is 0.625. The molecule has 3 heterocycles. The molecule has 25 heavy (non-hydrogen) atoms. The highest BCUT2D eigenvalue weighted by Crippen LogP contribution is 2.32. The fourth-order valence-electron chi connectivity index (χ4n) is 3.05. The topological polar surface area (TPSA) is 105 Å². The zero-order valence-electron chi connectivity index (χ0n) is 14.3. The van der Waals surface area contributed by atoms with Crippen LogP contribution in [0.1, 0.15) is 24.2 Å². The van der Waals surface area contributed by atoms with E-state index in [-0.39, 0.29) is 16.8 Å². The maximum atomic E-state index is 12.6. The van der Waals surface area contributed by atoms with Gasteiger partial charge in [-0.1, -0.05) is 11.6 Å². The van der Waals surface area contributed by atoms with E-state index in [4.69, 9.17) is 36.3 Å². The molecule has 0 spiro atoms. The summed E-state index contributed by atoms with van der Waals surface area (Å²) >= 11 is 5.98. The Morgan fingerprint density at radius 1 is 1.52 bits per heavy atom. The van der Waals surface area contributed by atoms with Gasteiger partial charge in [0, 0.05) is 13.3 Å². The van der Waals surface area contributed by atoms with E-state index < -0.39 is 36.2 Å². The second-order valence-corrected chi connectivity index (χ2v) is 6.85. The van der Waals surface area contributed by atoms with Crippen molar-refractivity contribution in [3.63, 3.8) is 0 Å². The molecular formula is C16H22ClN3O5. The summed E-state index contributed by atoms with van der Waals surface area (Å²) in [6.07, 6.45) is -0.0355. The van der Waals surface area contributed by atoms with E-state index in [2.05, 4.69) is 10.3 Å². The number of methoxy groups -OCH3 is 1. The maximum absolute atomic E-state index is 12.6. The number of rotatable bonds is 3. The van der Waals surface area contributed by atoms with Crippen LogP contribution >= 0.6 is 11.6 Å². The smallest absolute Gasteiger partial charge is 0.254 e. The number of fused-ring (bicyclic) bond motifs is 1. The van der Waals surface area contributed by atoms with Gasteiger partial charge in [0.25, 0.3) is 5.91 Å². The molecule has 1 amide bonds. The average molecular weight is 372 g/mol. The molecule has 0 unspecified atom stereocenters. The third-order valence-electron chi connectivity index (χ3n) is 4.31. The molecule has 2 fully saturated rings. The Labute approximate surface area is 150 Å². The van der Waals surface area contributed by atoms with Crippen molar-refractivity contribution in [2.45, 2.75) is 50.2 Å². The lowest BCUT2D eigenvalue weighted by molar-refractivity contribution is -0.351. The van der Waals surface area contributed by atoms with Crippen LogP contribution in [0.5, 0.6) is 0 Å². The number of carbonyl (C=O) groups excluding carboxylic acids is 1. The highest BCUT2D eigenvalue weighted by atomic mass is 35.5. The van der Waals surface area contributed by atoms with Crippen molar-refractivity contribution in [2.24, 2.45) is 5.73 Å². The van der Waals surface area contributed by atoms with E-state index >= 15 is 0 Å². The second-order valence-electron chi connectivity index (χ2n) is 6.49. The molecule has 9 heteroatoms. The van der Waals surface area contributed by atoms with Crippen LogP contribution in [0.3, 0.4) is 0 Å². The largest absolute Gasteiger partial charge is 0.354 e. The van der Waals surface area contributed by atoms with Crippen LogP contribution in [0.2, 0.25) is 5.15 Å². The second kappa shape index (κ2) is 7.14. The number of amides is 1. The molecule has 0 saturated carbocycles. The van der Waals surface area contributed by atoms with Crippen LogP contribution in [-0.2, 0) is 18.9 Å². The first-order valence-corrected chi connectivity index (χ1v) is 8.37. The van der Waals surface area contributed by atoms with Gasteiger partial charge in [-0.3, -0.25) is 4.79 Å². The minimum Gasteiger partial charge on any atom is -0.354 e. The van der Waals surface area contributed by atoms with E-state index in [1.54, 1.807) is 26.0 Å². The van der Waals surface area contributed by atoms with E-state index in [9.17, 15) is 4.79 Å². The number of hydrogen-bond acceptors (Lipinski definition) is 7. The van der Waals surface area contributed by atoms with Crippen molar-refractivity contribution in [1.82, 2.24) is 10.3 Å². The van der Waals surface area contributed by atoms with Crippen molar-refractivity contribution < 1.29 is 23.7 Å². The van der Waals surface area contributed by atoms with Gasteiger partial charge < -0.3 is 30.0 Å². The summed E-state index contributed by atoms with van der Waals surface area (Å²) in [6, 6.07) is 2.04. The summed E-state index contributed by atoms with van der Waals surface area (Å²) in [5.74, 6) is -1.18. The maximum Gasteiger partial charge on any atom is 0.254 e. The molecule has 2 saturated heterocycles. The first-order chi connectivity index (χ1) is 11.8. The number of hydrogen-bond donors (Lipinski definition) is 2. The molecule has 8 nitrogen and oxygen atoms in total. The molecule has 1 aromatic heterocycles. The molecular weight excluding hydrogens is 350 g/mol. The quantitative estimate of drug-likeness (QED) is 0.753. The van der Waals surface area contributed by atoms with Gasteiger partial charge >= 0.3 is 0 Å². The lowest BCUT2D eigenvalue weighted by Gasteiger charge is -2.50. The Hall–Kier alpha value is -1.29. The lowest BCUT2D eigenvalue weighted by Crippen LogP contribution is -2.71. The molecule has 3 rings (SSSR count). The molecule has 138 valence electrons. The summed E-state index contributed by atoms with van der Waals surface area (Å²) in [4.78, 5) is 16.5. The van der Waals surface area contributed by atoms with Gasteiger partial charge in [-0.2, -0.15) is 0 Å². The number of carbonyl (C=O) groups is 1. The normalized spacial score (nSPS) is 34.2. The fourth-order valence-corrected chi connectivity index (χ4v) is 3.26. The molecule has 3 N–H and O–H groups in total. The number of nitrogens with zero attached hydrogens (tertiary/aromatic N) is 1. The molecule has 0 aromatic carbocycles. The molecule has 2 aliphatic rings. The van der Waals surface area contributed by atoms with E-state index in [0.29, 0.717) is 6.61 Å². The summed E-state index contributed by atoms with van der Waals surface area (Å²) in [7, 11) is 1.49. The Balaban J connectivity index is 1.79. The van der Waals surface area contributed by atoms with Gasteiger partial charge in [-0.05, 0) is 26.0 Å². The summed E-state index contributed by atoms with van der Waals surface area (Å²) < 4.78 is 22.7. The predicted octanol–water partition coefficient (Wildman–Crippen LogP) is 0.684.